The number of hydrogen-bond acceptors (Lipinski definition) is 7. The second-order valence-corrected chi connectivity index (χ2v) is 8.80. The number of nitrogens with zero attached hydrogens (tertiary/aromatic N) is 3. The summed E-state index contributed by atoms with van der Waals surface area (Å²) >= 11 is 12.2. The Kier molecular flexibility index (Phi) is 6.00. The molecule has 3 aromatic rings. The molecule has 3 heterocycles. The van der Waals surface area contributed by atoms with Crippen molar-refractivity contribution in [1.29, 1.82) is 0 Å². The molecule has 1 aromatic carbocycles. The second kappa shape index (κ2) is 8.73. The topological polar surface area (TPSA) is 101 Å². The van der Waals surface area contributed by atoms with Gasteiger partial charge >= 0.3 is 5.97 Å². The van der Waals surface area contributed by atoms with E-state index < -0.39 is 24.0 Å². The van der Waals surface area contributed by atoms with Crippen molar-refractivity contribution < 1.29 is 19.4 Å². The number of pyridine rings is 1. The molecule has 8 nitrogen and oxygen atoms in total. The summed E-state index contributed by atoms with van der Waals surface area (Å²) in [4.78, 5) is 42.6. The number of carbonyl (C=O) groups excluding carboxylic acids is 1. The number of carboxylic acid groups (broad SMARTS) is 1. The number of halogens is 1. The highest BCUT2D eigenvalue weighted by Gasteiger charge is 2.34. The first-order valence-electron chi connectivity index (χ1n) is 9.18. The van der Waals surface area contributed by atoms with Gasteiger partial charge in [-0.1, -0.05) is 53.8 Å². The molecular weight excluding hydrogens is 474 g/mol. The maximum Gasteiger partial charge on any atom is 0.323 e. The maximum absolute atomic E-state index is 13.3. The number of hydrogen-bond donors (Lipinski definition) is 1. The Hall–Kier alpha value is -3.21. The number of benzene rings is 1. The summed E-state index contributed by atoms with van der Waals surface area (Å²) in [5.41, 5.74) is 0.663. The van der Waals surface area contributed by atoms with Crippen molar-refractivity contribution in [2.24, 2.45) is 0 Å². The van der Waals surface area contributed by atoms with E-state index in [0.29, 0.717) is 10.7 Å². The van der Waals surface area contributed by atoms with Crippen LogP contribution in [0, 0.1) is 6.92 Å². The van der Waals surface area contributed by atoms with E-state index in [9.17, 15) is 14.4 Å². The Morgan fingerprint density at radius 3 is 2.75 bits per heavy atom. The molecule has 1 N–H and O–H groups in total. The lowest BCUT2D eigenvalue weighted by Gasteiger charge is -2.12. The van der Waals surface area contributed by atoms with Gasteiger partial charge < -0.3 is 9.84 Å². The quantitative estimate of drug-likeness (QED) is 0.429. The molecule has 0 spiro atoms. The fourth-order valence-corrected chi connectivity index (χ4v) is 4.44. The van der Waals surface area contributed by atoms with Crippen LogP contribution in [-0.4, -0.2) is 42.1 Å². The summed E-state index contributed by atoms with van der Waals surface area (Å²) in [6.45, 7) is 1.23. The van der Waals surface area contributed by atoms with Crippen molar-refractivity contribution in [3.8, 4) is 11.6 Å². The molecule has 2 aromatic heterocycles. The Bertz CT molecular complexity index is 1390. The Morgan fingerprint density at radius 1 is 1.28 bits per heavy atom. The number of aromatic nitrogens is 2. The van der Waals surface area contributed by atoms with Crippen LogP contribution in [0.4, 0.5) is 0 Å². The van der Waals surface area contributed by atoms with Crippen molar-refractivity contribution in [3.05, 3.63) is 74.0 Å². The van der Waals surface area contributed by atoms with E-state index in [2.05, 4.69) is 4.98 Å². The number of aliphatic carboxylic acids is 1. The van der Waals surface area contributed by atoms with Gasteiger partial charge in [-0.25, -0.2) is 0 Å². The number of amides is 1. The lowest BCUT2D eigenvalue weighted by atomic mass is 10.2. The molecule has 0 saturated carbocycles. The first-order valence-corrected chi connectivity index (χ1v) is 10.8. The van der Waals surface area contributed by atoms with Gasteiger partial charge in [0.25, 0.3) is 11.5 Å². The third-order valence-corrected chi connectivity index (χ3v) is 6.23. The van der Waals surface area contributed by atoms with E-state index in [1.165, 1.54) is 10.5 Å². The summed E-state index contributed by atoms with van der Waals surface area (Å²) in [5.74, 6) is -1.57. The van der Waals surface area contributed by atoms with Crippen LogP contribution in [-0.2, 0) is 9.59 Å². The molecule has 0 bridgehead atoms. The summed E-state index contributed by atoms with van der Waals surface area (Å²) in [6, 6.07) is 10.2. The number of aryl methyl sites for hydroxylation is 1. The number of fused-ring (bicyclic) bond motifs is 1. The Morgan fingerprint density at radius 2 is 2.03 bits per heavy atom. The van der Waals surface area contributed by atoms with Gasteiger partial charge in [0.1, 0.15) is 27.8 Å². The minimum Gasteiger partial charge on any atom is -0.480 e. The average Bonchev–Trinajstić information content (AvgIpc) is 3.00. The van der Waals surface area contributed by atoms with Crippen LogP contribution in [0.1, 0.15) is 11.1 Å². The minimum atomic E-state index is -1.20. The average molecular weight is 488 g/mol. The van der Waals surface area contributed by atoms with E-state index in [1.54, 1.807) is 49.5 Å². The lowest BCUT2D eigenvalue weighted by molar-refractivity contribution is -0.140. The van der Waals surface area contributed by atoms with Crippen molar-refractivity contribution in [2.45, 2.75) is 6.92 Å². The highest BCUT2D eigenvalue weighted by Crippen LogP contribution is 2.35. The first-order chi connectivity index (χ1) is 15.3. The smallest absolute Gasteiger partial charge is 0.323 e. The van der Waals surface area contributed by atoms with E-state index in [4.69, 9.17) is 33.7 Å². The molecule has 11 heteroatoms. The molecule has 1 amide bonds. The van der Waals surface area contributed by atoms with Gasteiger partial charge in [0.15, 0.2) is 0 Å². The van der Waals surface area contributed by atoms with Gasteiger partial charge in [-0.3, -0.25) is 23.7 Å². The minimum absolute atomic E-state index is 0.00356. The van der Waals surface area contributed by atoms with Crippen LogP contribution in [0.25, 0.3) is 11.7 Å². The fraction of sp³-hybridized carbons (Fsp3) is 0.0952. The van der Waals surface area contributed by atoms with Gasteiger partial charge in [-0.15, -0.1) is 0 Å². The van der Waals surface area contributed by atoms with Crippen LogP contribution in [0.5, 0.6) is 11.6 Å². The fourth-order valence-electron chi connectivity index (χ4n) is 3.03. The van der Waals surface area contributed by atoms with Crippen molar-refractivity contribution in [1.82, 2.24) is 14.3 Å². The molecule has 162 valence electrons. The third kappa shape index (κ3) is 4.12. The van der Waals surface area contributed by atoms with Gasteiger partial charge in [0, 0.05) is 6.20 Å². The van der Waals surface area contributed by atoms with Crippen LogP contribution in [0.15, 0.2) is 52.3 Å². The number of carboxylic acids is 1. The monoisotopic (exact) mass is 487 g/mol. The summed E-state index contributed by atoms with van der Waals surface area (Å²) in [6.07, 6.45) is 2.88. The van der Waals surface area contributed by atoms with Gasteiger partial charge in [-0.2, -0.15) is 4.98 Å². The summed E-state index contributed by atoms with van der Waals surface area (Å²) in [7, 11) is 0. The summed E-state index contributed by atoms with van der Waals surface area (Å²) in [5, 5.41) is 9.35. The van der Waals surface area contributed by atoms with E-state index in [0.717, 1.165) is 22.2 Å². The normalized spacial score (nSPS) is 15.1. The largest absolute Gasteiger partial charge is 0.480 e. The zero-order chi connectivity index (χ0) is 23.0. The second-order valence-electron chi connectivity index (χ2n) is 6.71. The summed E-state index contributed by atoms with van der Waals surface area (Å²) < 4.78 is 7.32. The number of para-hydroxylation sites is 1. The Labute approximate surface area is 196 Å². The predicted molar refractivity (Wildman–Crippen MR) is 125 cm³/mol. The van der Waals surface area contributed by atoms with Crippen molar-refractivity contribution in [2.75, 3.05) is 6.54 Å². The molecule has 4 rings (SSSR count). The van der Waals surface area contributed by atoms with E-state index in [-0.39, 0.29) is 26.4 Å². The molecule has 0 atom stereocenters. The number of thioether (sulfide) groups is 1. The molecule has 1 saturated heterocycles. The molecule has 0 unspecified atom stereocenters. The molecule has 1 fully saturated rings. The van der Waals surface area contributed by atoms with Gasteiger partial charge in [0.2, 0.25) is 5.88 Å². The van der Waals surface area contributed by atoms with Crippen LogP contribution in [0.3, 0.4) is 0 Å². The highest BCUT2D eigenvalue weighted by molar-refractivity contribution is 8.26. The molecular formula is C21H14ClN3O5S2. The van der Waals surface area contributed by atoms with Gasteiger partial charge in [0.05, 0.1) is 9.93 Å². The van der Waals surface area contributed by atoms with E-state index >= 15 is 0 Å². The van der Waals surface area contributed by atoms with Crippen LogP contribution in [0.2, 0.25) is 5.02 Å². The van der Waals surface area contributed by atoms with Crippen molar-refractivity contribution >= 4 is 63.5 Å². The van der Waals surface area contributed by atoms with Crippen LogP contribution < -0.4 is 10.3 Å². The predicted octanol–water partition coefficient (Wildman–Crippen LogP) is 3.73. The molecule has 1 aliphatic rings. The third-order valence-electron chi connectivity index (χ3n) is 4.53. The maximum atomic E-state index is 13.3. The highest BCUT2D eigenvalue weighted by atomic mass is 35.5. The standard InChI is InChI=1S/C21H14ClN3O5S2/c1-11-5-4-8-24-17(11)23-18(30-14-7-3-2-6-13(14)22)12(19(24)28)9-15-20(29)25(10-16(26)27)21(31)32-15/h2-9H,10H2,1H3,(H,26,27)/b15-9-. The van der Waals surface area contributed by atoms with Gasteiger partial charge in [-0.05, 0) is 36.8 Å². The first kappa shape index (κ1) is 22.0. The lowest BCUT2D eigenvalue weighted by Crippen LogP contribution is -2.33. The van der Waals surface area contributed by atoms with Crippen molar-refractivity contribution in [3.63, 3.8) is 0 Å². The SMILES string of the molecule is Cc1cccn2c(=O)c(/C=C3\SC(=S)N(CC(=O)O)C3=O)c(Oc3ccccc3Cl)nc12. The zero-order valence-electron chi connectivity index (χ0n) is 16.4. The zero-order valence-corrected chi connectivity index (χ0v) is 18.8. The molecule has 0 aliphatic carbocycles. The number of ether oxygens (including phenoxy) is 1. The molecule has 0 radical (unpaired) electrons. The number of rotatable bonds is 5. The van der Waals surface area contributed by atoms with Crippen LogP contribution >= 0.6 is 35.6 Å². The van der Waals surface area contributed by atoms with E-state index in [1.807, 2.05) is 0 Å². The number of carbonyl (C=O) groups is 2. The number of thiocarbonyl (C=S) groups is 1. The Balaban J connectivity index is 1.89. The molecule has 32 heavy (non-hydrogen) atoms. The molecule has 1 aliphatic heterocycles.